The molecule has 0 aliphatic heterocycles. The molecule has 0 saturated carbocycles. The second-order valence-electron chi connectivity index (χ2n) is 5.27. The van der Waals surface area contributed by atoms with Crippen LogP contribution in [-0.4, -0.2) is 11.8 Å². The van der Waals surface area contributed by atoms with Gasteiger partial charge in [0.2, 0.25) is 0 Å². The van der Waals surface area contributed by atoms with E-state index in [-0.39, 0.29) is 11.9 Å². The number of benzene rings is 2. The number of thioether (sulfide) groups is 1. The summed E-state index contributed by atoms with van der Waals surface area (Å²) in [7, 11) is 0. The van der Waals surface area contributed by atoms with Crippen LogP contribution >= 0.6 is 11.8 Å². The van der Waals surface area contributed by atoms with Gasteiger partial charge in [-0.1, -0.05) is 23.8 Å². The summed E-state index contributed by atoms with van der Waals surface area (Å²) in [4.78, 5) is 1.23. The molecule has 0 heterocycles. The summed E-state index contributed by atoms with van der Waals surface area (Å²) in [5, 5.41) is 0. The van der Waals surface area contributed by atoms with E-state index in [2.05, 4.69) is 36.6 Å². The monoisotopic (exact) mass is 304 g/mol. The molecule has 0 aliphatic rings. The molecular formula is C17H21FN2S. The number of nitrogens with one attached hydrogen (secondary N) is 1. The minimum absolute atomic E-state index is 0.107. The van der Waals surface area contributed by atoms with Gasteiger partial charge in [0, 0.05) is 16.7 Å². The van der Waals surface area contributed by atoms with Crippen molar-refractivity contribution in [2.24, 2.45) is 5.84 Å². The maximum Gasteiger partial charge on any atom is 0.123 e. The molecule has 0 radical (unpaired) electrons. The van der Waals surface area contributed by atoms with Gasteiger partial charge in [-0.05, 0) is 55.7 Å². The summed E-state index contributed by atoms with van der Waals surface area (Å²) < 4.78 is 13.3. The van der Waals surface area contributed by atoms with E-state index in [1.165, 1.54) is 16.5 Å². The van der Waals surface area contributed by atoms with Gasteiger partial charge in [0.25, 0.3) is 0 Å². The molecule has 2 rings (SSSR count). The van der Waals surface area contributed by atoms with Crippen LogP contribution in [0.5, 0.6) is 0 Å². The summed E-state index contributed by atoms with van der Waals surface area (Å²) in [6.07, 6.45) is 0.721. The van der Waals surface area contributed by atoms with Gasteiger partial charge >= 0.3 is 0 Å². The Hall–Kier alpha value is -1.36. The molecule has 3 N–H and O–H groups in total. The SMILES string of the molecule is Cc1cccc(SCC(Cc2cc(F)ccc2C)NN)c1. The van der Waals surface area contributed by atoms with Gasteiger partial charge in [-0.2, -0.15) is 0 Å². The van der Waals surface area contributed by atoms with Crippen LogP contribution in [0.4, 0.5) is 4.39 Å². The maximum atomic E-state index is 13.3. The molecule has 21 heavy (non-hydrogen) atoms. The quantitative estimate of drug-likeness (QED) is 0.486. The van der Waals surface area contributed by atoms with Crippen LogP contribution in [0.2, 0.25) is 0 Å². The van der Waals surface area contributed by atoms with Crippen molar-refractivity contribution in [1.82, 2.24) is 5.43 Å². The third kappa shape index (κ3) is 4.84. The molecule has 0 fully saturated rings. The molecule has 0 spiro atoms. The minimum atomic E-state index is -0.197. The van der Waals surface area contributed by atoms with Crippen molar-refractivity contribution in [3.05, 3.63) is 65.0 Å². The normalized spacial score (nSPS) is 12.4. The topological polar surface area (TPSA) is 38.0 Å². The summed E-state index contributed by atoms with van der Waals surface area (Å²) in [5.74, 6) is 6.29. The Morgan fingerprint density at radius 1 is 1.19 bits per heavy atom. The zero-order valence-electron chi connectivity index (χ0n) is 12.4. The standard InChI is InChI=1S/C17H21FN2S/c1-12-4-3-5-17(8-12)21-11-16(20-19)10-14-9-15(18)7-6-13(14)2/h3-9,16,20H,10-11,19H2,1-2H3. The van der Waals surface area contributed by atoms with E-state index in [1.54, 1.807) is 17.8 Å². The van der Waals surface area contributed by atoms with Crippen molar-refractivity contribution in [1.29, 1.82) is 0 Å². The highest BCUT2D eigenvalue weighted by Crippen LogP contribution is 2.21. The van der Waals surface area contributed by atoms with E-state index in [4.69, 9.17) is 5.84 Å². The minimum Gasteiger partial charge on any atom is -0.271 e. The molecule has 0 saturated heterocycles. The van der Waals surface area contributed by atoms with Crippen molar-refractivity contribution < 1.29 is 4.39 Å². The predicted octanol–water partition coefficient (Wildman–Crippen LogP) is 3.61. The highest BCUT2D eigenvalue weighted by molar-refractivity contribution is 7.99. The van der Waals surface area contributed by atoms with Gasteiger partial charge in [0.05, 0.1) is 0 Å². The summed E-state index contributed by atoms with van der Waals surface area (Å²) in [5.41, 5.74) is 6.18. The van der Waals surface area contributed by atoms with E-state index in [9.17, 15) is 4.39 Å². The average molecular weight is 304 g/mol. The van der Waals surface area contributed by atoms with Crippen LogP contribution in [-0.2, 0) is 6.42 Å². The van der Waals surface area contributed by atoms with Crippen LogP contribution in [0.1, 0.15) is 16.7 Å². The summed E-state index contributed by atoms with van der Waals surface area (Å²) >= 11 is 1.76. The Bertz CT molecular complexity index is 601. The lowest BCUT2D eigenvalue weighted by Crippen LogP contribution is -2.38. The van der Waals surface area contributed by atoms with Crippen LogP contribution in [0.3, 0.4) is 0 Å². The maximum absolute atomic E-state index is 13.3. The van der Waals surface area contributed by atoms with E-state index in [0.29, 0.717) is 0 Å². The number of hydrogen-bond donors (Lipinski definition) is 2. The molecule has 112 valence electrons. The first-order valence-corrected chi connectivity index (χ1v) is 7.97. The Kier molecular flexibility index (Phi) is 5.79. The van der Waals surface area contributed by atoms with E-state index < -0.39 is 0 Å². The number of hydrogen-bond acceptors (Lipinski definition) is 3. The average Bonchev–Trinajstić information content (AvgIpc) is 2.47. The highest BCUT2D eigenvalue weighted by Gasteiger charge is 2.11. The predicted molar refractivity (Wildman–Crippen MR) is 87.9 cm³/mol. The van der Waals surface area contributed by atoms with E-state index >= 15 is 0 Å². The van der Waals surface area contributed by atoms with Gasteiger partial charge in [0.1, 0.15) is 5.82 Å². The van der Waals surface area contributed by atoms with Gasteiger partial charge in [-0.3, -0.25) is 11.3 Å². The zero-order valence-corrected chi connectivity index (χ0v) is 13.2. The van der Waals surface area contributed by atoms with Crippen molar-refractivity contribution >= 4 is 11.8 Å². The fraction of sp³-hybridized carbons (Fsp3) is 0.294. The molecular weight excluding hydrogens is 283 g/mol. The van der Waals surface area contributed by atoms with Crippen molar-refractivity contribution in [2.75, 3.05) is 5.75 Å². The first kappa shape index (κ1) is 16.0. The Morgan fingerprint density at radius 2 is 2.00 bits per heavy atom. The lowest BCUT2D eigenvalue weighted by molar-refractivity contribution is 0.569. The lowest BCUT2D eigenvalue weighted by Gasteiger charge is -2.17. The Morgan fingerprint density at radius 3 is 2.71 bits per heavy atom. The van der Waals surface area contributed by atoms with Crippen LogP contribution in [0.25, 0.3) is 0 Å². The fourth-order valence-corrected chi connectivity index (χ4v) is 3.25. The zero-order chi connectivity index (χ0) is 15.2. The van der Waals surface area contributed by atoms with E-state index in [1.807, 2.05) is 13.0 Å². The number of aryl methyl sites for hydroxylation is 2. The van der Waals surface area contributed by atoms with Crippen LogP contribution < -0.4 is 11.3 Å². The van der Waals surface area contributed by atoms with Gasteiger partial charge < -0.3 is 0 Å². The van der Waals surface area contributed by atoms with Crippen LogP contribution in [0, 0.1) is 19.7 Å². The molecule has 0 aromatic heterocycles. The second kappa shape index (κ2) is 7.59. The Balaban J connectivity index is 1.98. The van der Waals surface area contributed by atoms with Crippen molar-refractivity contribution in [2.45, 2.75) is 31.2 Å². The molecule has 1 atom stereocenters. The van der Waals surface area contributed by atoms with Gasteiger partial charge in [0.15, 0.2) is 0 Å². The molecule has 2 aromatic rings. The number of nitrogens with two attached hydrogens (primary N) is 1. The third-order valence-electron chi connectivity index (χ3n) is 3.45. The second-order valence-corrected chi connectivity index (χ2v) is 6.36. The van der Waals surface area contributed by atoms with Crippen molar-refractivity contribution in [3.63, 3.8) is 0 Å². The molecule has 0 amide bonds. The first-order chi connectivity index (χ1) is 10.1. The van der Waals surface area contributed by atoms with Gasteiger partial charge in [-0.15, -0.1) is 11.8 Å². The molecule has 0 aliphatic carbocycles. The number of halogens is 1. The molecule has 1 unspecified atom stereocenters. The summed E-state index contributed by atoms with van der Waals surface area (Å²) in [6, 6.07) is 13.4. The Labute approximate surface area is 129 Å². The largest absolute Gasteiger partial charge is 0.271 e. The first-order valence-electron chi connectivity index (χ1n) is 6.99. The molecule has 2 nitrogen and oxygen atoms in total. The van der Waals surface area contributed by atoms with Crippen molar-refractivity contribution in [3.8, 4) is 0 Å². The number of hydrazine groups is 1. The van der Waals surface area contributed by atoms with E-state index in [0.717, 1.165) is 23.3 Å². The molecule has 4 heteroatoms. The highest BCUT2D eigenvalue weighted by atomic mass is 32.2. The smallest absolute Gasteiger partial charge is 0.123 e. The van der Waals surface area contributed by atoms with Gasteiger partial charge in [-0.25, -0.2) is 4.39 Å². The fourth-order valence-electron chi connectivity index (χ4n) is 2.19. The lowest BCUT2D eigenvalue weighted by atomic mass is 10.0. The van der Waals surface area contributed by atoms with Crippen LogP contribution in [0.15, 0.2) is 47.4 Å². The third-order valence-corrected chi connectivity index (χ3v) is 4.61. The molecule has 2 aromatic carbocycles. The summed E-state index contributed by atoms with van der Waals surface area (Å²) in [6.45, 7) is 4.08. The number of rotatable bonds is 6. The molecule has 0 bridgehead atoms.